The van der Waals surface area contributed by atoms with Crippen LogP contribution in [0.15, 0.2) is 85.1 Å². The highest BCUT2D eigenvalue weighted by molar-refractivity contribution is 6.23. The number of nitrogens with zero attached hydrogens (tertiary/aromatic N) is 3. The van der Waals surface area contributed by atoms with Gasteiger partial charge in [0.2, 0.25) is 11.8 Å². The molecule has 12 heteroatoms. The summed E-state index contributed by atoms with van der Waals surface area (Å²) in [7, 11) is 0. The molecule has 1 aromatic heterocycles. The Kier molecular flexibility index (Phi) is 9.07. The van der Waals surface area contributed by atoms with E-state index in [9.17, 15) is 19.2 Å². The molecule has 1 atom stereocenters. The second-order valence-corrected chi connectivity index (χ2v) is 14.5. The summed E-state index contributed by atoms with van der Waals surface area (Å²) in [5.41, 5.74) is 3.32. The first-order valence-electron chi connectivity index (χ1n) is 18.1. The molecular formula is C41H41N5O7. The number of carbonyl (C=O) groups is 4. The molecule has 0 spiro atoms. The van der Waals surface area contributed by atoms with E-state index in [0.29, 0.717) is 5.75 Å². The van der Waals surface area contributed by atoms with Gasteiger partial charge in [-0.25, -0.2) is 4.98 Å². The lowest BCUT2D eigenvalue weighted by Gasteiger charge is -2.36. The van der Waals surface area contributed by atoms with Crippen molar-refractivity contribution in [2.45, 2.75) is 63.1 Å². The number of rotatable bonds is 10. The Labute approximate surface area is 307 Å². The third-order valence-electron chi connectivity index (χ3n) is 10.7. The maximum Gasteiger partial charge on any atom is 0.262 e. The van der Waals surface area contributed by atoms with Gasteiger partial charge in [0, 0.05) is 49.5 Å². The van der Waals surface area contributed by atoms with Gasteiger partial charge in [-0.1, -0.05) is 38.1 Å². The van der Waals surface area contributed by atoms with Crippen LogP contribution in [-0.4, -0.2) is 78.0 Å². The van der Waals surface area contributed by atoms with E-state index in [0.717, 1.165) is 78.2 Å². The summed E-state index contributed by atoms with van der Waals surface area (Å²) in [5.74, 6) is 1.12. The number of ether oxygens (including phenoxy) is 3. The molecule has 3 aromatic carbocycles. The topological polar surface area (TPSA) is 139 Å². The van der Waals surface area contributed by atoms with Crippen molar-refractivity contribution >= 4 is 35.1 Å². The number of hydrogen-bond acceptors (Lipinski definition) is 10. The van der Waals surface area contributed by atoms with Crippen molar-refractivity contribution in [3.63, 3.8) is 0 Å². The van der Waals surface area contributed by atoms with E-state index in [2.05, 4.69) is 58.6 Å². The minimum atomic E-state index is -0.984. The number of anilines is 2. The van der Waals surface area contributed by atoms with Crippen molar-refractivity contribution in [3.8, 4) is 17.2 Å². The largest absolute Gasteiger partial charge is 0.490 e. The van der Waals surface area contributed by atoms with Crippen LogP contribution < -0.4 is 25.0 Å². The summed E-state index contributed by atoms with van der Waals surface area (Å²) in [4.78, 5) is 57.9. The lowest BCUT2D eigenvalue weighted by atomic mass is 9.78. The second kappa shape index (κ2) is 14.0. The molecule has 2 saturated heterocycles. The zero-order chi connectivity index (χ0) is 36.7. The van der Waals surface area contributed by atoms with Crippen LogP contribution in [-0.2, 0) is 19.7 Å². The van der Waals surface area contributed by atoms with E-state index < -0.39 is 29.7 Å². The Morgan fingerprint density at radius 1 is 0.811 bits per heavy atom. The lowest BCUT2D eigenvalue weighted by Crippen LogP contribution is -2.54. The number of nitrogens with one attached hydrogen (secondary N) is 2. The van der Waals surface area contributed by atoms with Crippen molar-refractivity contribution in [2.24, 2.45) is 0 Å². The van der Waals surface area contributed by atoms with Crippen molar-refractivity contribution < 1.29 is 33.4 Å². The summed E-state index contributed by atoms with van der Waals surface area (Å²) in [6.45, 7) is 7.51. The van der Waals surface area contributed by atoms with E-state index in [-0.39, 0.29) is 41.5 Å². The van der Waals surface area contributed by atoms with E-state index in [4.69, 9.17) is 14.2 Å². The smallest absolute Gasteiger partial charge is 0.262 e. The van der Waals surface area contributed by atoms with Gasteiger partial charge in [0.25, 0.3) is 11.8 Å². The Balaban J connectivity index is 0.823. The van der Waals surface area contributed by atoms with Crippen LogP contribution >= 0.6 is 0 Å². The maximum atomic E-state index is 13.2. The molecule has 4 amide bonds. The number of pyridine rings is 1. The minimum Gasteiger partial charge on any atom is -0.490 e. The molecule has 4 heterocycles. The highest BCUT2D eigenvalue weighted by Crippen LogP contribution is 2.36. The fraction of sp³-hybridized carbons (Fsp3) is 0.341. The van der Waals surface area contributed by atoms with Gasteiger partial charge in [-0.3, -0.25) is 29.4 Å². The van der Waals surface area contributed by atoms with Gasteiger partial charge in [0.05, 0.1) is 30.5 Å². The summed E-state index contributed by atoms with van der Waals surface area (Å²) in [6.07, 6.45) is 3.57. The minimum absolute atomic E-state index is 0.0466. The molecule has 4 aromatic rings. The molecule has 1 unspecified atom stereocenters. The molecule has 1 saturated carbocycles. The fourth-order valence-electron chi connectivity index (χ4n) is 7.37. The van der Waals surface area contributed by atoms with Gasteiger partial charge in [-0.15, -0.1) is 0 Å². The number of hydrogen-bond donors (Lipinski definition) is 2. The number of benzene rings is 3. The number of amides is 4. The van der Waals surface area contributed by atoms with Crippen LogP contribution in [0, 0.1) is 0 Å². The van der Waals surface area contributed by atoms with E-state index >= 15 is 0 Å². The number of imide groups is 2. The Morgan fingerprint density at radius 2 is 1.47 bits per heavy atom. The zero-order valence-electron chi connectivity index (χ0n) is 29.7. The van der Waals surface area contributed by atoms with Crippen LogP contribution in [0.3, 0.4) is 0 Å². The van der Waals surface area contributed by atoms with Gasteiger partial charge >= 0.3 is 0 Å². The molecule has 3 aliphatic heterocycles. The van der Waals surface area contributed by atoms with Gasteiger partial charge in [0.15, 0.2) is 0 Å². The normalized spacial score (nSPS) is 21.5. The first-order chi connectivity index (χ1) is 25.6. The van der Waals surface area contributed by atoms with Crippen LogP contribution in [0.5, 0.6) is 17.2 Å². The standard InChI is InChI=1S/C41H41N5O7/c1-41(2,25-3-8-29(9-4-25)52-31-12-15-36(42-24-31)45-17-19-51-20-18-45)26-5-10-30(11-6-26)53-32-21-28(22-32)43-27-7-13-33-34(23-27)40(50)46(39(33)49)35-14-16-37(47)44-38(35)48/h3-13,15,23-24,28,32,35,43H,14,16-22H2,1-2H3,(H,44,47,48)/t28-,32-,35?. The predicted molar refractivity (Wildman–Crippen MR) is 197 cm³/mol. The highest BCUT2D eigenvalue weighted by Gasteiger charge is 2.45. The molecule has 0 radical (unpaired) electrons. The molecule has 0 bridgehead atoms. The van der Waals surface area contributed by atoms with Gasteiger partial charge in [-0.05, 0) is 72.1 Å². The number of morpholine rings is 1. The molecule has 2 N–H and O–H groups in total. The van der Waals surface area contributed by atoms with Crippen LogP contribution in [0.25, 0.3) is 0 Å². The van der Waals surface area contributed by atoms with Crippen LogP contribution in [0.4, 0.5) is 11.5 Å². The molecule has 12 nitrogen and oxygen atoms in total. The van der Waals surface area contributed by atoms with Gasteiger partial charge in [0.1, 0.15) is 35.2 Å². The summed E-state index contributed by atoms with van der Waals surface area (Å²) < 4.78 is 17.8. The summed E-state index contributed by atoms with van der Waals surface area (Å²) >= 11 is 0. The Morgan fingerprint density at radius 3 is 2.13 bits per heavy atom. The average molecular weight is 716 g/mol. The Bertz CT molecular complexity index is 2040. The van der Waals surface area contributed by atoms with Crippen molar-refractivity contribution in [1.29, 1.82) is 0 Å². The van der Waals surface area contributed by atoms with Crippen LogP contribution in [0.2, 0.25) is 0 Å². The van der Waals surface area contributed by atoms with Crippen molar-refractivity contribution in [2.75, 3.05) is 36.5 Å². The third kappa shape index (κ3) is 6.94. The van der Waals surface area contributed by atoms with Crippen molar-refractivity contribution in [1.82, 2.24) is 15.2 Å². The highest BCUT2D eigenvalue weighted by atomic mass is 16.5. The number of carbonyl (C=O) groups excluding carboxylic acids is 4. The predicted octanol–water partition coefficient (Wildman–Crippen LogP) is 5.46. The van der Waals surface area contributed by atoms with E-state index in [1.165, 1.54) is 0 Å². The van der Waals surface area contributed by atoms with Crippen molar-refractivity contribution in [3.05, 3.63) is 107 Å². The molecule has 4 aliphatic rings. The van der Waals surface area contributed by atoms with E-state index in [1.54, 1.807) is 24.4 Å². The third-order valence-corrected chi connectivity index (χ3v) is 10.7. The molecule has 53 heavy (non-hydrogen) atoms. The van der Waals surface area contributed by atoms with Crippen LogP contribution in [0.1, 0.15) is 71.4 Å². The average Bonchev–Trinajstić information content (AvgIpc) is 3.40. The number of fused-ring (bicyclic) bond motifs is 1. The molecule has 272 valence electrons. The first-order valence-corrected chi connectivity index (χ1v) is 18.1. The fourth-order valence-corrected chi connectivity index (χ4v) is 7.37. The SMILES string of the molecule is CC(C)(c1ccc(Oc2ccc(N3CCOCC3)nc2)cc1)c1ccc(O[C@H]2C[C@H](Nc3ccc4c(c3)C(=O)N(C3CCC(=O)NC3=O)C4=O)C2)cc1. The molecular weight excluding hydrogens is 674 g/mol. The quantitative estimate of drug-likeness (QED) is 0.204. The molecule has 1 aliphatic carbocycles. The van der Waals surface area contributed by atoms with Gasteiger partial charge < -0.3 is 24.4 Å². The van der Waals surface area contributed by atoms with Gasteiger partial charge in [-0.2, -0.15) is 0 Å². The Hall–Kier alpha value is -5.75. The lowest BCUT2D eigenvalue weighted by molar-refractivity contribution is -0.136. The number of piperidine rings is 1. The first kappa shape index (κ1) is 34.3. The number of aromatic nitrogens is 1. The maximum absolute atomic E-state index is 13.2. The van der Waals surface area contributed by atoms with E-state index in [1.807, 2.05) is 36.4 Å². The zero-order valence-corrected chi connectivity index (χ0v) is 29.7. The molecule has 8 rings (SSSR count). The monoisotopic (exact) mass is 715 g/mol. The molecule has 3 fully saturated rings. The summed E-state index contributed by atoms with van der Waals surface area (Å²) in [6, 6.07) is 24.6. The summed E-state index contributed by atoms with van der Waals surface area (Å²) in [5, 5.41) is 5.67. The second-order valence-electron chi connectivity index (χ2n) is 14.5.